The Hall–Kier alpha value is -2.87. The van der Waals surface area contributed by atoms with Crippen LogP contribution in [0.3, 0.4) is 0 Å². The molecule has 1 aliphatic heterocycles. The van der Waals surface area contributed by atoms with Gasteiger partial charge in [-0.1, -0.05) is 18.2 Å². The van der Waals surface area contributed by atoms with Crippen LogP contribution in [0.15, 0.2) is 54.6 Å². The predicted molar refractivity (Wildman–Crippen MR) is 108 cm³/mol. The lowest BCUT2D eigenvalue weighted by Gasteiger charge is -2.22. The van der Waals surface area contributed by atoms with Crippen LogP contribution < -0.4 is 4.72 Å². The summed E-state index contributed by atoms with van der Waals surface area (Å²) >= 11 is 0. The highest BCUT2D eigenvalue weighted by Gasteiger charge is 2.23. The third kappa shape index (κ3) is 5.10. The Bertz CT molecular complexity index is 943. The van der Waals surface area contributed by atoms with Crippen molar-refractivity contribution in [2.24, 2.45) is 0 Å². The Balaban J connectivity index is 1.63. The van der Waals surface area contributed by atoms with Crippen LogP contribution in [0.25, 0.3) is 0 Å². The van der Waals surface area contributed by atoms with Crippen molar-refractivity contribution in [1.29, 1.82) is 0 Å². The first-order valence-corrected chi connectivity index (χ1v) is 10.9. The summed E-state index contributed by atoms with van der Waals surface area (Å²) in [5, 5.41) is 0. The Labute approximate surface area is 165 Å². The Morgan fingerprint density at radius 1 is 0.786 bits per heavy atom. The first-order chi connectivity index (χ1) is 13.3. The quantitative estimate of drug-likeness (QED) is 0.849. The molecular weight excluding hydrogens is 378 g/mol. The molecule has 0 aromatic heterocycles. The summed E-state index contributed by atoms with van der Waals surface area (Å²) < 4.78 is 24.9. The Morgan fingerprint density at radius 2 is 1.29 bits per heavy atom. The summed E-state index contributed by atoms with van der Waals surface area (Å²) in [6.45, 7) is 2.11. The number of carbonyl (C=O) groups excluding carboxylic acids is 2. The summed E-state index contributed by atoms with van der Waals surface area (Å²) in [6, 6.07) is 15.5. The van der Waals surface area contributed by atoms with E-state index in [1.54, 1.807) is 46.2 Å². The highest BCUT2D eigenvalue weighted by molar-refractivity contribution is 7.92. The van der Waals surface area contributed by atoms with Crippen molar-refractivity contribution in [3.8, 4) is 0 Å². The first-order valence-electron chi connectivity index (χ1n) is 9.05. The molecule has 0 saturated carbocycles. The van der Waals surface area contributed by atoms with E-state index in [2.05, 4.69) is 4.72 Å². The maximum atomic E-state index is 12.8. The average molecular weight is 401 g/mol. The molecule has 1 fully saturated rings. The van der Waals surface area contributed by atoms with E-state index < -0.39 is 10.0 Å². The number of rotatable bonds is 4. The van der Waals surface area contributed by atoms with Crippen molar-refractivity contribution >= 4 is 27.5 Å². The second-order valence-corrected chi connectivity index (χ2v) is 8.50. The molecule has 1 heterocycles. The molecule has 3 rings (SSSR count). The molecule has 1 aliphatic rings. The van der Waals surface area contributed by atoms with E-state index >= 15 is 0 Å². The van der Waals surface area contributed by atoms with Crippen LogP contribution in [0.1, 0.15) is 27.1 Å². The van der Waals surface area contributed by atoms with E-state index in [0.29, 0.717) is 49.4 Å². The van der Waals surface area contributed by atoms with Crippen LogP contribution >= 0.6 is 0 Å². The van der Waals surface area contributed by atoms with Gasteiger partial charge in [0.15, 0.2) is 0 Å². The van der Waals surface area contributed by atoms with Gasteiger partial charge < -0.3 is 9.80 Å². The van der Waals surface area contributed by atoms with Crippen molar-refractivity contribution in [1.82, 2.24) is 9.80 Å². The Kier molecular flexibility index (Phi) is 5.99. The van der Waals surface area contributed by atoms with Crippen molar-refractivity contribution in [2.75, 3.05) is 37.2 Å². The molecular formula is C20H23N3O4S. The molecule has 2 amide bonds. The van der Waals surface area contributed by atoms with Crippen LogP contribution in [-0.2, 0) is 10.0 Å². The Morgan fingerprint density at radius 3 is 1.79 bits per heavy atom. The van der Waals surface area contributed by atoms with Crippen LogP contribution in [0.2, 0.25) is 0 Å². The zero-order chi connectivity index (χ0) is 20.1. The molecule has 0 atom stereocenters. The van der Waals surface area contributed by atoms with E-state index in [9.17, 15) is 18.0 Å². The van der Waals surface area contributed by atoms with Gasteiger partial charge >= 0.3 is 0 Å². The molecule has 8 heteroatoms. The van der Waals surface area contributed by atoms with Gasteiger partial charge in [-0.15, -0.1) is 0 Å². The summed E-state index contributed by atoms with van der Waals surface area (Å²) in [6.07, 6.45) is 1.78. The fraction of sp³-hybridized carbons (Fsp3) is 0.300. The molecule has 0 aliphatic carbocycles. The number of nitrogens with one attached hydrogen (secondary N) is 1. The first kappa shape index (κ1) is 19.9. The van der Waals surface area contributed by atoms with E-state index in [0.717, 1.165) is 6.26 Å². The predicted octanol–water partition coefficient (Wildman–Crippen LogP) is 2.05. The summed E-state index contributed by atoms with van der Waals surface area (Å²) in [4.78, 5) is 28.9. The zero-order valence-corrected chi connectivity index (χ0v) is 16.5. The molecule has 2 aromatic carbocycles. The number of anilines is 1. The molecule has 2 aromatic rings. The number of amides is 2. The molecule has 1 saturated heterocycles. The van der Waals surface area contributed by atoms with Gasteiger partial charge in [-0.25, -0.2) is 8.42 Å². The third-order valence-electron chi connectivity index (χ3n) is 4.53. The van der Waals surface area contributed by atoms with Gasteiger partial charge in [0.05, 0.1) is 6.26 Å². The lowest BCUT2D eigenvalue weighted by atomic mass is 10.2. The van der Waals surface area contributed by atoms with Crippen molar-refractivity contribution in [2.45, 2.75) is 6.42 Å². The van der Waals surface area contributed by atoms with Gasteiger partial charge in [-0.3, -0.25) is 14.3 Å². The average Bonchev–Trinajstić information content (AvgIpc) is 2.93. The number of carbonyl (C=O) groups is 2. The lowest BCUT2D eigenvalue weighted by Crippen LogP contribution is -2.37. The second kappa shape index (κ2) is 8.43. The smallest absolute Gasteiger partial charge is 0.253 e. The summed E-state index contributed by atoms with van der Waals surface area (Å²) in [7, 11) is -3.36. The van der Waals surface area contributed by atoms with Crippen LogP contribution in [-0.4, -0.2) is 62.5 Å². The molecule has 0 radical (unpaired) electrons. The molecule has 0 unspecified atom stereocenters. The van der Waals surface area contributed by atoms with Gasteiger partial charge in [0.25, 0.3) is 11.8 Å². The van der Waals surface area contributed by atoms with Crippen LogP contribution in [0, 0.1) is 0 Å². The SMILES string of the molecule is CS(=O)(=O)Nc1ccc(C(=O)N2CCCN(C(=O)c3ccccc3)CC2)cc1. The molecule has 0 spiro atoms. The zero-order valence-electron chi connectivity index (χ0n) is 15.7. The van der Waals surface area contributed by atoms with Crippen molar-refractivity contribution in [3.05, 3.63) is 65.7 Å². The number of nitrogens with zero attached hydrogens (tertiary/aromatic N) is 2. The lowest BCUT2D eigenvalue weighted by molar-refractivity contribution is 0.0719. The largest absolute Gasteiger partial charge is 0.337 e. The minimum Gasteiger partial charge on any atom is -0.337 e. The van der Waals surface area contributed by atoms with Crippen LogP contribution in [0.5, 0.6) is 0 Å². The number of hydrogen-bond acceptors (Lipinski definition) is 4. The monoisotopic (exact) mass is 401 g/mol. The van der Waals surface area contributed by atoms with Gasteiger partial charge in [-0.05, 0) is 42.8 Å². The van der Waals surface area contributed by atoms with Gasteiger partial charge in [-0.2, -0.15) is 0 Å². The minimum atomic E-state index is -3.36. The number of benzene rings is 2. The van der Waals surface area contributed by atoms with Gasteiger partial charge in [0, 0.05) is 43.0 Å². The van der Waals surface area contributed by atoms with E-state index in [1.165, 1.54) is 0 Å². The molecule has 7 nitrogen and oxygen atoms in total. The fourth-order valence-corrected chi connectivity index (χ4v) is 3.73. The molecule has 0 bridgehead atoms. The van der Waals surface area contributed by atoms with Crippen molar-refractivity contribution < 1.29 is 18.0 Å². The highest BCUT2D eigenvalue weighted by Crippen LogP contribution is 2.15. The summed E-state index contributed by atoms with van der Waals surface area (Å²) in [5.74, 6) is -0.147. The van der Waals surface area contributed by atoms with Crippen LogP contribution in [0.4, 0.5) is 5.69 Å². The second-order valence-electron chi connectivity index (χ2n) is 6.76. The van der Waals surface area contributed by atoms with E-state index in [4.69, 9.17) is 0 Å². The number of sulfonamides is 1. The maximum absolute atomic E-state index is 12.8. The van der Waals surface area contributed by atoms with E-state index in [-0.39, 0.29) is 11.8 Å². The van der Waals surface area contributed by atoms with Gasteiger partial charge in [0.2, 0.25) is 10.0 Å². The van der Waals surface area contributed by atoms with Gasteiger partial charge in [0.1, 0.15) is 0 Å². The van der Waals surface area contributed by atoms with Crippen molar-refractivity contribution in [3.63, 3.8) is 0 Å². The summed E-state index contributed by atoms with van der Waals surface area (Å²) in [5.41, 5.74) is 1.55. The highest BCUT2D eigenvalue weighted by atomic mass is 32.2. The molecule has 148 valence electrons. The maximum Gasteiger partial charge on any atom is 0.253 e. The normalized spacial score (nSPS) is 15.0. The third-order valence-corrected chi connectivity index (χ3v) is 5.13. The van der Waals surface area contributed by atoms with E-state index in [1.807, 2.05) is 18.2 Å². The standard InChI is InChI=1S/C20H23N3O4S/c1-28(26,27)21-18-10-8-17(9-11-18)20(25)23-13-5-12-22(14-15-23)19(24)16-6-3-2-4-7-16/h2-4,6-11,21H,5,12-15H2,1H3. The minimum absolute atomic E-state index is 0.0221. The number of hydrogen-bond donors (Lipinski definition) is 1. The molecule has 28 heavy (non-hydrogen) atoms. The fourth-order valence-electron chi connectivity index (χ4n) is 3.16. The molecule has 1 N–H and O–H groups in total. The topological polar surface area (TPSA) is 86.8 Å².